The molecule has 21 aliphatic rings. The molecule has 0 spiro atoms. The molecule has 0 unspecified atom stereocenters. The van der Waals surface area contributed by atoms with E-state index in [2.05, 4.69) is 5.32 Å². The number of hydrogen-bond acceptors (Lipinski definition) is 38. The van der Waals surface area contributed by atoms with Crippen molar-refractivity contribution in [2.45, 2.75) is 222 Å². The van der Waals surface area contributed by atoms with Gasteiger partial charge in [-0.25, -0.2) is 0 Å². The first-order valence-electron chi connectivity index (χ1n) is 28.3. The van der Waals surface area contributed by atoms with E-state index in [9.17, 15) is 112 Å². The van der Waals surface area contributed by atoms with Crippen LogP contribution in [0.1, 0.15) is 5.56 Å². The van der Waals surface area contributed by atoms with Crippen LogP contribution in [0.2, 0.25) is 0 Å². The molecule has 0 saturated carbocycles. The fourth-order valence-electron chi connectivity index (χ4n) is 11.7. The molecular formula is C50H78N2O37. The van der Waals surface area contributed by atoms with Gasteiger partial charge >= 0.3 is 0 Å². The molecule has 0 radical (unpaired) electrons. The van der Waals surface area contributed by atoms with E-state index in [1.54, 1.807) is 0 Å². The molecule has 0 aromatic heterocycles. The monoisotopic (exact) mass is 1300 g/mol. The summed E-state index contributed by atoms with van der Waals surface area (Å²) in [4.78, 5) is 11.2. The van der Waals surface area contributed by atoms with Crippen molar-refractivity contribution in [1.82, 2.24) is 0 Å². The molecule has 0 aliphatic carbocycles. The Labute approximate surface area is 502 Å². The largest absolute Gasteiger partial charge is 0.394 e. The van der Waals surface area contributed by atoms with Gasteiger partial charge in [-0.15, -0.1) is 0 Å². The minimum absolute atomic E-state index is 0.147. The van der Waals surface area contributed by atoms with Gasteiger partial charge in [0.15, 0.2) is 44.0 Å². The maximum Gasteiger partial charge on any atom is 0.292 e. The van der Waals surface area contributed by atoms with Crippen LogP contribution in [0.3, 0.4) is 0 Å². The highest BCUT2D eigenvalue weighted by Crippen LogP contribution is 2.39. The van der Waals surface area contributed by atoms with Crippen LogP contribution in [0.25, 0.3) is 0 Å². The number of nitrogens with one attached hydrogen (secondary N) is 1. The maximum absolute atomic E-state index is 11.8. The van der Waals surface area contributed by atoms with Crippen molar-refractivity contribution in [2.24, 2.45) is 0 Å². The highest BCUT2D eigenvalue weighted by molar-refractivity contribution is 5.62. The molecule has 0 amide bonds. The van der Waals surface area contributed by atoms with Gasteiger partial charge in [-0.3, -0.25) is 10.1 Å². The number of anilines is 1. The van der Waals surface area contributed by atoms with Crippen molar-refractivity contribution in [2.75, 3.05) is 58.6 Å². The number of hydrogen-bond donors (Lipinski definition) is 21. The Hall–Kier alpha value is -2.98. The molecule has 21 N–H and O–H groups in total. The zero-order chi connectivity index (χ0) is 64.6. The lowest BCUT2D eigenvalue weighted by atomic mass is 9.95. The summed E-state index contributed by atoms with van der Waals surface area (Å²) in [5, 5.41) is 238. The summed E-state index contributed by atoms with van der Waals surface area (Å²) >= 11 is 0. The van der Waals surface area contributed by atoms with Gasteiger partial charge in [0.2, 0.25) is 0 Å². The quantitative estimate of drug-likeness (QED) is 0.0682. The number of rotatable bonds is 12. The molecule has 14 bridgehead atoms. The molecule has 22 rings (SSSR count). The van der Waals surface area contributed by atoms with E-state index in [1.807, 2.05) is 0 Å². The van der Waals surface area contributed by atoms with Crippen molar-refractivity contribution < 1.29 is 178 Å². The Kier molecular flexibility index (Phi) is 23.9. The minimum atomic E-state index is -2.27. The summed E-state index contributed by atoms with van der Waals surface area (Å²) in [6, 6.07) is 4.03. The lowest BCUT2D eigenvalue weighted by Gasteiger charge is -2.50. The Bertz CT molecular complexity index is 2400. The van der Waals surface area contributed by atoms with Crippen LogP contribution >= 0.6 is 0 Å². The van der Waals surface area contributed by atoms with Crippen molar-refractivity contribution in [3.05, 3.63) is 33.9 Å². The molecule has 21 aliphatic heterocycles. The van der Waals surface area contributed by atoms with Crippen LogP contribution in [-0.2, 0) is 77.7 Å². The predicted octanol–water partition coefficient (Wildman–Crippen LogP) is -13.1. The number of nitrogens with zero attached hydrogens (tertiary/aromatic N) is 1. The highest BCUT2D eigenvalue weighted by atomic mass is 16.8. The SMILES string of the molecule is CNc1ccc(COC[C@H]2O[C@@H]3O[C@H]4[C@H](O)[C@@H](O)[C@@H](O[C@H]5[C@H](O)[C@@H](O)[C@@H](O[C@H]6[C@H](O)[C@@H](O)[C@@H](O[C@H]7[C@H](O)[C@@H](O)[C@@H](O[C@H]8[C@H](O)[C@@H](O)[C@@H](O[C@H]9[C@H](O)[C@@H](O)[C@@H](O[C@H]2[C@H](O)[C@H]3O)O[C@@H]9CO)O[C@@H]8CO)O[C@@H]7CO)O[C@@H]6CO)O[C@@H]5CO)O[C@@H]4CO)cc1[N+](=O)[O-]. The van der Waals surface area contributed by atoms with Crippen LogP contribution in [0.15, 0.2) is 18.2 Å². The first-order chi connectivity index (χ1) is 42.4. The van der Waals surface area contributed by atoms with Crippen LogP contribution in [0, 0.1) is 10.1 Å². The Morgan fingerprint density at radius 2 is 0.596 bits per heavy atom. The van der Waals surface area contributed by atoms with Gasteiger partial charge in [-0.05, 0) is 11.6 Å². The third kappa shape index (κ3) is 14.4. The first kappa shape index (κ1) is 70.3. The number of nitro groups is 1. The Morgan fingerprint density at radius 3 is 0.809 bits per heavy atom. The van der Waals surface area contributed by atoms with Crippen LogP contribution < -0.4 is 5.32 Å². The number of aliphatic hydroxyl groups excluding tert-OH is 20. The van der Waals surface area contributed by atoms with Crippen molar-refractivity contribution >= 4 is 11.4 Å². The molecule has 35 atom stereocenters. The van der Waals surface area contributed by atoms with Gasteiger partial charge in [0.05, 0.1) is 57.8 Å². The molecule has 21 fully saturated rings. The normalized spacial score (nSPS) is 49.4. The van der Waals surface area contributed by atoms with Gasteiger partial charge < -0.3 is 179 Å². The van der Waals surface area contributed by atoms with Crippen LogP contribution in [0.5, 0.6) is 0 Å². The number of nitro benzene ring substituents is 1. The molecule has 39 nitrogen and oxygen atoms in total. The zero-order valence-corrected chi connectivity index (χ0v) is 46.9. The second kappa shape index (κ2) is 30.2. The van der Waals surface area contributed by atoms with Crippen LogP contribution in [0.4, 0.5) is 11.4 Å². The average Bonchev–Trinajstić information content (AvgIpc) is 1.10. The lowest BCUT2D eigenvalue weighted by molar-refractivity contribution is -0.397. The van der Waals surface area contributed by atoms with E-state index < -0.39 is 273 Å². The zero-order valence-electron chi connectivity index (χ0n) is 46.9. The fraction of sp³-hybridized carbons (Fsp3) is 0.880. The topological polar surface area (TPSA) is 598 Å². The highest BCUT2D eigenvalue weighted by Gasteiger charge is 2.59. The van der Waals surface area contributed by atoms with E-state index in [-0.39, 0.29) is 16.9 Å². The Balaban J connectivity index is 1.02. The number of benzene rings is 1. The standard InChI is InChI=1S/C50H78N2O37/c1-51-14-3-2-13(4-15(14)52(73)74)11-75-12-22-43-29(65)36(72)50(82-22)88-42-21(10-58)80-48(34(70)27(42)63)86-40-19(8-56)78-46(32(68)25(40)61)84-38-17(6-54)76-44(30(66)23(38)59)83-37-16(5-53)77-45(31(67)24(37)60)85-39-18(7-55)79-47(33(69)26(39)62)87-41-20(9-57)81-49(89-43)35(71)28(41)64/h2-4,16-51,53-72H,5-12H2,1H3/t16-,17-,18-,19-,20-,21-,22-,23-,24-,25-,26-,27-,28-,29-,30-,31-,32-,33-,34-,35-,36-,37-,38-,39-,40-,41-,42-,43-,44-,45-,46-,47-,48-,49-,50-/m1/s1. The lowest BCUT2D eigenvalue weighted by Crippen LogP contribution is -2.68. The summed E-state index contributed by atoms with van der Waals surface area (Å²) in [5.41, 5.74) is 0.0268. The molecule has 1 aromatic carbocycles. The van der Waals surface area contributed by atoms with Crippen LogP contribution in [-0.4, -0.2) is 375 Å². The number of ether oxygens (including phenoxy) is 15. The summed E-state index contributed by atoms with van der Waals surface area (Å²) < 4.78 is 86.9. The molecular weight excluding hydrogens is 1220 g/mol. The third-order valence-electron chi connectivity index (χ3n) is 16.7. The smallest absolute Gasteiger partial charge is 0.292 e. The van der Waals surface area contributed by atoms with Crippen molar-refractivity contribution in [1.29, 1.82) is 0 Å². The second-order valence-corrected chi connectivity index (χ2v) is 22.3. The predicted molar refractivity (Wildman–Crippen MR) is 274 cm³/mol. The van der Waals surface area contributed by atoms with Crippen molar-refractivity contribution in [3.63, 3.8) is 0 Å². The molecule has 21 saturated heterocycles. The van der Waals surface area contributed by atoms with Crippen molar-refractivity contribution in [3.8, 4) is 0 Å². The van der Waals surface area contributed by atoms with E-state index in [0.717, 1.165) is 0 Å². The first-order valence-corrected chi connectivity index (χ1v) is 28.3. The summed E-state index contributed by atoms with van der Waals surface area (Å²) in [6.07, 6.45) is -71.6. The van der Waals surface area contributed by atoms with Gasteiger partial charge in [-0.2, -0.15) is 0 Å². The van der Waals surface area contributed by atoms with E-state index in [0.29, 0.717) is 0 Å². The van der Waals surface area contributed by atoms with E-state index in [4.69, 9.17) is 71.1 Å². The Morgan fingerprint density at radius 1 is 0.371 bits per heavy atom. The third-order valence-corrected chi connectivity index (χ3v) is 16.7. The van der Waals surface area contributed by atoms with Gasteiger partial charge in [0.1, 0.15) is 177 Å². The van der Waals surface area contributed by atoms with Gasteiger partial charge in [0, 0.05) is 13.1 Å². The van der Waals surface area contributed by atoms with Gasteiger partial charge in [0.25, 0.3) is 5.69 Å². The second-order valence-electron chi connectivity index (χ2n) is 22.3. The fourth-order valence-corrected chi connectivity index (χ4v) is 11.7. The van der Waals surface area contributed by atoms with Gasteiger partial charge in [-0.1, -0.05) is 6.07 Å². The minimum Gasteiger partial charge on any atom is -0.394 e. The van der Waals surface area contributed by atoms with E-state index >= 15 is 0 Å². The number of aliphatic hydroxyl groups is 20. The summed E-state index contributed by atoms with van der Waals surface area (Å²) in [5.74, 6) is 0. The summed E-state index contributed by atoms with van der Waals surface area (Å²) in [6.45, 7) is -7.56. The molecule has 89 heavy (non-hydrogen) atoms. The molecule has 39 heteroatoms. The van der Waals surface area contributed by atoms with E-state index in [1.165, 1.54) is 25.2 Å². The maximum atomic E-state index is 11.8. The molecule has 21 heterocycles. The summed E-state index contributed by atoms with van der Waals surface area (Å²) in [7, 11) is 1.45. The molecule has 1 aromatic rings. The average molecular weight is 1300 g/mol. The molecule has 510 valence electrons.